The van der Waals surface area contributed by atoms with E-state index in [2.05, 4.69) is 0 Å². The van der Waals surface area contributed by atoms with E-state index in [1.54, 1.807) is 0 Å². The number of sulfonamides is 1. The van der Waals surface area contributed by atoms with Crippen LogP contribution in [0.25, 0.3) is 0 Å². The second kappa shape index (κ2) is 5.34. The maximum atomic E-state index is 13.8. The fourth-order valence-electron chi connectivity index (χ4n) is 1.88. The van der Waals surface area contributed by atoms with E-state index in [1.807, 2.05) is 0 Å². The second-order valence-electron chi connectivity index (χ2n) is 5.00. The zero-order valence-corrected chi connectivity index (χ0v) is 12.1. The number of halogens is 1. The quantitative estimate of drug-likeness (QED) is 0.780. The molecular weight excluding hydrogens is 305 g/mol. The zero-order chi connectivity index (χ0) is 15.0. The molecule has 1 fully saturated rings. The minimum Gasteiger partial charge on any atom is -0.481 e. The average Bonchev–Trinajstić information content (AvgIpc) is 3.05. The van der Waals surface area contributed by atoms with Crippen LogP contribution in [0.15, 0.2) is 28.0 Å². The Hall–Kier alpha value is -1.12. The lowest BCUT2D eigenvalue weighted by Gasteiger charge is -2.12. The van der Waals surface area contributed by atoms with Gasteiger partial charge in [-0.3, -0.25) is 4.79 Å². The fraction of sp³-hybridized carbons (Fsp3) is 0.417. The van der Waals surface area contributed by atoms with Crippen LogP contribution in [0, 0.1) is 11.2 Å². The summed E-state index contributed by atoms with van der Waals surface area (Å²) in [6, 6.07) is 3.49. The van der Waals surface area contributed by atoms with Gasteiger partial charge in [0.25, 0.3) is 0 Å². The topological polar surface area (TPSA) is 97.5 Å². The van der Waals surface area contributed by atoms with Crippen molar-refractivity contribution in [2.24, 2.45) is 10.6 Å². The maximum absolute atomic E-state index is 13.8. The highest BCUT2D eigenvalue weighted by molar-refractivity contribution is 7.99. The lowest BCUT2D eigenvalue weighted by molar-refractivity contribution is -0.138. The zero-order valence-electron chi connectivity index (χ0n) is 10.5. The van der Waals surface area contributed by atoms with Crippen LogP contribution < -0.4 is 5.14 Å². The monoisotopic (exact) mass is 319 g/mol. The van der Waals surface area contributed by atoms with Gasteiger partial charge < -0.3 is 5.11 Å². The number of thioether (sulfide) groups is 1. The number of hydrogen-bond acceptors (Lipinski definition) is 4. The van der Waals surface area contributed by atoms with E-state index >= 15 is 0 Å². The Labute approximate surface area is 120 Å². The van der Waals surface area contributed by atoms with E-state index in [4.69, 9.17) is 10.2 Å². The van der Waals surface area contributed by atoms with E-state index in [0.29, 0.717) is 10.6 Å². The Bertz CT molecular complexity index is 641. The molecule has 0 unspecified atom stereocenters. The molecule has 1 aliphatic rings. The molecule has 0 amide bonds. The Morgan fingerprint density at radius 2 is 2.10 bits per heavy atom. The summed E-state index contributed by atoms with van der Waals surface area (Å²) in [5.41, 5.74) is -0.248. The number of aliphatic carboxylic acids is 1. The molecule has 2 rings (SSSR count). The first-order chi connectivity index (χ1) is 9.22. The van der Waals surface area contributed by atoms with Crippen molar-refractivity contribution in [1.82, 2.24) is 0 Å². The maximum Gasteiger partial charge on any atom is 0.303 e. The molecule has 0 atom stereocenters. The summed E-state index contributed by atoms with van der Waals surface area (Å²) in [5, 5.41) is 13.7. The van der Waals surface area contributed by atoms with Gasteiger partial charge in [-0.15, -0.1) is 11.8 Å². The van der Waals surface area contributed by atoms with Gasteiger partial charge in [-0.2, -0.15) is 0 Å². The van der Waals surface area contributed by atoms with Gasteiger partial charge in [-0.25, -0.2) is 17.9 Å². The number of primary sulfonamides is 1. The molecule has 0 heterocycles. The van der Waals surface area contributed by atoms with E-state index in [1.165, 1.54) is 23.9 Å². The van der Waals surface area contributed by atoms with Crippen LogP contribution in [0.3, 0.4) is 0 Å². The Morgan fingerprint density at radius 1 is 1.45 bits per heavy atom. The van der Waals surface area contributed by atoms with Crippen LogP contribution in [0.5, 0.6) is 0 Å². The highest BCUT2D eigenvalue weighted by Crippen LogP contribution is 2.52. The summed E-state index contributed by atoms with van der Waals surface area (Å²) < 4.78 is 35.9. The van der Waals surface area contributed by atoms with Crippen molar-refractivity contribution in [1.29, 1.82) is 0 Å². The molecule has 0 spiro atoms. The van der Waals surface area contributed by atoms with Gasteiger partial charge in [0.2, 0.25) is 10.0 Å². The van der Waals surface area contributed by atoms with Crippen LogP contribution in [0.2, 0.25) is 0 Å². The molecule has 1 saturated carbocycles. The van der Waals surface area contributed by atoms with Crippen LogP contribution in [0.1, 0.15) is 19.3 Å². The molecule has 0 bridgehead atoms. The van der Waals surface area contributed by atoms with Crippen molar-refractivity contribution in [3.63, 3.8) is 0 Å². The third-order valence-corrected chi connectivity index (χ3v) is 5.56. The molecule has 0 radical (unpaired) electrons. The molecule has 3 N–H and O–H groups in total. The normalized spacial score (nSPS) is 16.9. The fourth-order valence-corrected chi connectivity index (χ4v) is 3.62. The molecule has 1 aromatic rings. The van der Waals surface area contributed by atoms with Crippen LogP contribution in [-0.2, 0) is 14.8 Å². The Kier molecular flexibility index (Phi) is 4.08. The third-order valence-electron chi connectivity index (χ3n) is 3.25. The summed E-state index contributed by atoms with van der Waals surface area (Å²) in [6.07, 6.45) is 1.73. The number of carboxylic acids is 1. The minimum absolute atomic E-state index is 0.0802. The predicted octanol–water partition coefficient (Wildman–Crippen LogP) is 1.82. The van der Waals surface area contributed by atoms with E-state index in [-0.39, 0.29) is 16.7 Å². The van der Waals surface area contributed by atoms with Crippen molar-refractivity contribution in [3.05, 3.63) is 24.0 Å². The summed E-state index contributed by atoms with van der Waals surface area (Å²) in [5.74, 6) is -1.01. The van der Waals surface area contributed by atoms with Crippen molar-refractivity contribution < 1.29 is 22.7 Å². The first-order valence-corrected chi connectivity index (χ1v) is 8.42. The molecule has 110 valence electrons. The minimum atomic E-state index is -3.92. The van der Waals surface area contributed by atoms with Gasteiger partial charge in [0.1, 0.15) is 5.82 Å². The lowest BCUT2D eigenvalue weighted by atomic mass is 10.1. The SMILES string of the molecule is NS(=O)(=O)c1ccc(SCC2(CC(=O)O)CC2)c(F)c1. The molecule has 20 heavy (non-hydrogen) atoms. The first-order valence-electron chi connectivity index (χ1n) is 5.89. The van der Waals surface area contributed by atoms with Gasteiger partial charge >= 0.3 is 5.97 Å². The second-order valence-corrected chi connectivity index (χ2v) is 7.58. The molecule has 5 nitrogen and oxygen atoms in total. The molecular formula is C12H14FNO4S2. The van der Waals surface area contributed by atoms with E-state index in [0.717, 1.165) is 18.9 Å². The third kappa shape index (κ3) is 3.71. The summed E-state index contributed by atoms with van der Waals surface area (Å²) >= 11 is 1.20. The van der Waals surface area contributed by atoms with Gasteiger partial charge in [0.05, 0.1) is 11.3 Å². The van der Waals surface area contributed by atoms with Gasteiger partial charge in [-0.1, -0.05) is 0 Å². The van der Waals surface area contributed by atoms with E-state index in [9.17, 15) is 17.6 Å². The molecule has 0 aromatic heterocycles. The predicted molar refractivity (Wildman–Crippen MR) is 72.4 cm³/mol. The summed E-state index contributed by atoms with van der Waals surface area (Å²) in [6.45, 7) is 0. The highest BCUT2D eigenvalue weighted by atomic mass is 32.2. The summed E-state index contributed by atoms with van der Waals surface area (Å²) in [7, 11) is -3.92. The van der Waals surface area contributed by atoms with Gasteiger partial charge in [0, 0.05) is 10.6 Å². The number of nitrogens with two attached hydrogens (primary N) is 1. The van der Waals surface area contributed by atoms with Crippen molar-refractivity contribution in [2.45, 2.75) is 29.1 Å². The van der Waals surface area contributed by atoms with Crippen molar-refractivity contribution in [3.8, 4) is 0 Å². The highest BCUT2D eigenvalue weighted by Gasteiger charge is 2.44. The Morgan fingerprint density at radius 3 is 2.55 bits per heavy atom. The number of rotatable bonds is 6. The van der Waals surface area contributed by atoms with Crippen molar-refractivity contribution in [2.75, 3.05) is 5.75 Å². The number of carboxylic acid groups (broad SMARTS) is 1. The molecule has 8 heteroatoms. The smallest absolute Gasteiger partial charge is 0.303 e. The van der Waals surface area contributed by atoms with Crippen LogP contribution in [0.4, 0.5) is 4.39 Å². The largest absolute Gasteiger partial charge is 0.481 e. The van der Waals surface area contributed by atoms with Gasteiger partial charge in [0.15, 0.2) is 0 Å². The van der Waals surface area contributed by atoms with Crippen LogP contribution in [-0.4, -0.2) is 25.2 Å². The van der Waals surface area contributed by atoms with Crippen LogP contribution >= 0.6 is 11.8 Å². The Balaban J connectivity index is 2.06. The first kappa shape index (κ1) is 15.3. The number of hydrogen-bond donors (Lipinski definition) is 2. The average molecular weight is 319 g/mol. The lowest BCUT2D eigenvalue weighted by Crippen LogP contribution is -2.13. The standard InChI is InChI=1S/C12H14FNO4S2/c13-9-5-8(20(14,17)18)1-2-10(9)19-7-12(3-4-12)6-11(15)16/h1-2,5H,3-4,6-7H2,(H,15,16)(H2,14,17,18). The van der Waals surface area contributed by atoms with Crippen molar-refractivity contribution >= 4 is 27.8 Å². The molecule has 0 aliphatic heterocycles. The summed E-state index contributed by atoms with van der Waals surface area (Å²) in [4.78, 5) is 10.8. The molecule has 1 aromatic carbocycles. The number of carbonyl (C=O) groups is 1. The molecule has 0 saturated heterocycles. The van der Waals surface area contributed by atoms with Gasteiger partial charge in [-0.05, 0) is 36.5 Å². The molecule has 1 aliphatic carbocycles. The number of benzene rings is 1. The van der Waals surface area contributed by atoms with E-state index < -0.39 is 21.8 Å².